The molecular formula is C13H17NO10. The van der Waals surface area contributed by atoms with Gasteiger partial charge in [0.1, 0.15) is 6.04 Å². The molecule has 0 spiro atoms. The van der Waals surface area contributed by atoms with E-state index in [1.165, 1.54) is 0 Å². The smallest absolute Gasteiger partial charge is 0.326 e. The molecular weight excluding hydrogens is 330 g/mol. The van der Waals surface area contributed by atoms with Gasteiger partial charge in [-0.25, -0.2) is 4.79 Å². The average Bonchev–Trinajstić information content (AvgIpc) is 2.45. The molecule has 0 heterocycles. The molecule has 0 aromatic carbocycles. The number of amides is 1. The molecule has 0 aromatic heterocycles. The zero-order valence-electron chi connectivity index (χ0n) is 12.4. The van der Waals surface area contributed by atoms with Crippen molar-refractivity contribution in [3.05, 3.63) is 0 Å². The Balaban J connectivity index is 4.72. The maximum Gasteiger partial charge on any atom is 0.326 e. The molecule has 11 nitrogen and oxygen atoms in total. The number of hydrogen-bond donors (Lipinski definition) is 5. The first-order valence-electron chi connectivity index (χ1n) is 6.77. The molecule has 0 aliphatic carbocycles. The second-order valence-electron chi connectivity index (χ2n) is 4.89. The lowest BCUT2D eigenvalue weighted by Crippen LogP contribution is -2.44. The first-order valence-corrected chi connectivity index (χ1v) is 6.77. The normalized spacial score (nSPS) is 12.7. The fourth-order valence-electron chi connectivity index (χ4n) is 1.69. The summed E-state index contributed by atoms with van der Waals surface area (Å²) in [6.07, 6.45) is -2.68. The third-order valence-electron chi connectivity index (χ3n) is 2.99. The molecule has 0 aliphatic heterocycles. The standard InChI is InChI=1S/C13H17NO10/c15-8(5-6(12(21)22)1-3-9(16)17)11(20)14-7(13(23)24)2-4-10(18)19/h6-7H,1-5H2,(H,14,20)(H,16,17)(H,18,19)(H,21,22)(H,23,24)/t6-,7?/m1/s1. The van der Waals surface area contributed by atoms with E-state index in [1.54, 1.807) is 0 Å². The summed E-state index contributed by atoms with van der Waals surface area (Å²) in [6.45, 7) is 0. The number of nitrogens with one attached hydrogen (secondary N) is 1. The Labute approximate surface area is 135 Å². The van der Waals surface area contributed by atoms with Gasteiger partial charge in [-0.1, -0.05) is 0 Å². The van der Waals surface area contributed by atoms with Crippen LogP contribution in [0.4, 0.5) is 0 Å². The number of ketones is 1. The SMILES string of the molecule is O=C(O)CCC(NC(=O)C(=O)C[C@@H](CCC(=O)O)C(=O)O)C(=O)O. The lowest BCUT2D eigenvalue weighted by molar-refractivity contribution is -0.148. The maximum absolute atomic E-state index is 11.7. The molecule has 1 amide bonds. The Morgan fingerprint density at radius 1 is 0.750 bits per heavy atom. The topological polar surface area (TPSA) is 195 Å². The lowest BCUT2D eigenvalue weighted by atomic mass is 9.96. The second kappa shape index (κ2) is 9.92. The molecule has 0 saturated carbocycles. The molecule has 24 heavy (non-hydrogen) atoms. The number of carboxylic acid groups (broad SMARTS) is 4. The highest BCUT2D eigenvalue weighted by molar-refractivity contribution is 6.36. The summed E-state index contributed by atoms with van der Waals surface area (Å²) in [4.78, 5) is 66.0. The van der Waals surface area contributed by atoms with Crippen LogP contribution in [-0.2, 0) is 28.8 Å². The van der Waals surface area contributed by atoms with Gasteiger partial charge in [-0.2, -0.15) is 0 Å². The molecule has 11 heteroatoms. The van der Waals surface area contributed by atoms with Gasteiger partial charge >= 0.3 is 23.9 Å². The van der Waals surface area contributed by atoms with Gasteiger partial charge < -0.3 is 25.7 Å². The Morgan fingerprint density at radius 3 is 1.67 bits per heavy atom. The number of aliphatic carboxylic acids is 4. The van der Waals surface area contributed by atoms with E-state index in [-0.39, 0.29) is 6.42 Å². The van der Waals surface area contributed by atoms with Crippen LogP contribution in [0.2, 0.25) is 0 Å². The quantitative estimate of drug-likeness (QED) is 0.271. The molecule has 0 radical (unpaired) electrons. The molecule has 134 valence electrons. The predicted molar refractivity (Wildman–Crippen MR) is 74.1 cm³/mol. The summed E-state index contributed by atoms with van der Waals surface area (Å²) in [5, 5.41) is 36.6. The average molecular weight is 347 g/mol. The molecule has 0 rings (SSSR count). The Kier molecular flexibility index (Phi) is 8.69. The van der Waals surface area contributed by atoms with Crippen LogP contribution in [0.5, 0.6) is 0 Å². The van der Waals surface area contributed by atoms with Gasteiger partial charge in [0.15, 0.2) is 0 Å². The monoisotopic (exact) mass is 347 g/mol. The summed E-state index contributed by atoms with van der Waals surface area (Å²) < 4.78 is 0. The highest BCUT2D eigenvalue weighted by Gasteiger charge is 2.28. The van der Waals surface area contributed by atoms with E-state index in [9.17, 15) is 28.8 Å². The van der Waals surface area contributed by atoms with Crippen molar-refractivity contribution in [2.24, 2.45) is 5.92 Å². The van der Waals surface area contributed by atoms with Crippen molar-refractivity contribution in [2.75, 3.05) is 0 Å². The summed E-state index contributed by atoms with van der Waals surface area (Å²) in [5.41, 5.74) is 0. The van der Waals surface area contributed by atoms with E-state index in [2.05, 4.69) is 0 Å². The Morgan fingerprint density at radius 2 is 1.25 bits per heavy atom. The van der Waals surface area contributed by atoms with Crippen LogP contribution in [0.15, 0.2) is 0 Å². The summed E-state index contributed by atoms with van der Waals surface area (Å²) in [7, 11) is 0. The van der Waals surface area contributed by atoms with E-state index < -0.39 is 73.2 Å². The number of carbonyl (C=O) groups is 6. The van der Waals surface area contributed by atoms with E-state index in [4.69, 9.17) is 20.4 Å². The fraction of sp³-hybridized carbons (Fsp3) is 0.538. The zero-order chi connectivity index (χ0) is 18.9. The zero-order valence-corrected chi connectivity index (χ0v) is 12.4. The largest absolute Gasteiger partial charge is 0.481 e. The molecule has 1 unspecified atom stereocenters. The summed E-state index contributed by atoms with van der Waals surface area (Å²) >= 11 is 0. The fourth-order valence-corrected chi connectivity index (χ4v) is 1.69. The van der Waals surface area contributed by atoms with Crippen molar-refractivity contribution in [3.8, 4) is 0 Å². The van der Waals surface area contributed by atoms with Crippen molar-refractivity contribution in [1.29, 1.82) is 0 Å². The highest BCUT2D eigenvalue weighted by atomic mass is 16.4. The minimum Gasteiger partial charge on any atom is -0.481 e. The first-order chi connectivity index (χ1) is 11.0. The predicted octanol–water partition coefficient (Wildman–Crippen LogP) is -1.05. The van der Waals surface area contributed by atoms with E-state index >= 15 is 0 Å². The van der Waals surface area contributed by atoms with Crippen LogP contribution < -0.4 is 5.32 Å². The minimum absolute atomic E-state index is 0.370. The molecule has 2 atom stereocenters. The number of carboxylic acids is 4. The lowest BCUT2D eigenvalue weighted by Gasteiger charge is -2.14. The number of carbonyl (C=O) groups excluding carboxylic acids is 2. The van der Waals surface area contributed by atoms with Crippen LogP contribution in [0.1, 0.15) is 32.1 Å². The van der Waals surface area contributed by atoms with Gasteiger partial charge in [0.05, 0.1) is 5.92 Å². The van der Waals surface area contributed by atoms with E-state index in [1.807, 2.05) is 5.32 Å². The van der Waals surface area contributed by atoms with Crippen molar-refractivity contribution in [2.45, 2.75) is 38.1 Å². The van der Waals surface area contributed by atoms with Crippen molar-refractivity contribution in [1.82, 2.24) is 5.32 Å². The van der Waals surface area contributed by atoms with Crippen LogP contribution >= 0.6 is 0 Å². The van der Waals surface area contributed by atoms with Gasteiger partial charge in [0, 0.05) is 19.3 Å². The third kappa shape index (κ3) is 8.46. The van der Waals surface area contributed by atoms with Crippen LogP contribution in [-0.4, -0.2) is 62.0 Å². The van der Waals surface area contributed by atoms with Crippen LogP contribution in [0.3, 0.4) is 0 Å². The second-order valence-corrected chi connectivity index (χ2v) is 4.89. The number of rotatable bonds is 12. The maximum atomic E-state index is 11.7. The van der Waals surface area contributed by atoms with Gasteiger partial charge in [-0.05, 0) is 12.8 Å². The van der Waals surface area contributed by atoms with Crippen molar-refractivity contribution < 1.29 is 49.2 Å². The summed E-state index contributed by atoms with van der Waals surface area (Å²) in [5.74, 6) is -9.55. The molecule has 0 fully saturated rings. The molecule has 5 N–H and O–H groups in total. The van der Waals surface area contributed by atoms with Gasteiger partial charge in [0.2, 0.25) is 5.78 Å². The van der Waals surface area contributed by atoms with Crippen LogP contribution in [0, 0.1) is 5.92 Å². The Hall–Kier alpha value is -2.98. The minimum atomic E-state index is -1.61. The van der Waals surface area contributed by atoms with Crippen molar-refractivity contribution >= 4 is 35.6 Å². The third-order valence-corrected chi connectivity index (χ3v) is 2.99. The van der Waals surface area contributed by atoms with E-state index in [0.717, 1.165) is 0 Å². The Bertz CT molecular complexity index is 493. The van der Waals surface area contributed by atoms with Gasteiger partial charge in [-0.15, -0.1) is 0 Å². The van der Waals surface area contributed by atoms with E-state index in [0.29, 0.717) is 0 Å². The van der Waals surface area contributed by atoms with Gasteiger partial charge in [0.25, 0.3) is 5.91 Å². The molecule has 0 bridgehead atoms. The molecule has 0 aliphatic rings. The van der Waals surface area contributed by atoms with Crippen LogP contribution in [0.25, 0.3) is 0 Å². The van der Waals surface area contributed by atoms with Gasteiger partial charge in [-0.3, -0.25) is 24.0 Å². The molecule has 0 aromatic rings. The first kappa shape index (κ1) is 21.0. The summed E-state index contributed by atoms with van der Waals surface area (Å²) in [6, 6.07) is -1.61. The molecule has 0 saturated heterocycles. The van der Waals surface area contributed by atoms with Crippen molar-refractivity contribution in [3.63, 3.8) is 0 Å². The number of Topliss-reactive ketones (excluding diaryl/α,β-unsaturated/α-hetero) is 1. The highest BCUT2D eigenvalue weighted by Crippen LogP contribution is 2.13. The number of hydrogen-bond acceptors (Lipinski definition) is 6.